The molecule has 6 heavy (non-hydrogen) atoms. The number of nitrogens with zero attached hydrogens (tertiary/aromatic N) is 2. The van der Waals surface area contributed by atoms with Gasteiger partial charge in [-0.05, 0) is 13.1 Å². The van der Waals surface area contributed by atoms with Gasteiger partial charge in [0.1, 0.15) is 0 Å². The van der Waals surface area contributed by atoms with Crippen LogP contribution in [0.2, 0.25) is 13.1 Å². The minimum Gasteiger partial charge on any atom is -0.0906 e. The van der Waals surface area contributed by atoms with Gasteiger partial charge in [-0.3, -0.25) is 0 Å². The Labute approximate surface area is 38.6 Å². The van der Waals surface area contributed by atoms with Gasteiger partial charge in [-0.1, -0.05) is 5.09 Å². The van der Waals surface area contributed by atoms with Crippen LogP contribution in [0.1, 0.15) is 0 Å². The first kappa shape index (κ1) is 5.44. The summed E-state index contributed by atoms with van der Waals surface area (Å²) < 4.78 is 0. The van der Waals surface area contributed by atoms with Crippen LogP contribution < -0.4 is 5.09 Å². The second kappa shape index (κ2) is 2.66. The zero-order chi connectivity index (χ0) is 4.99. The summed E-state index contributed by atoms with van der Waals surface area (Å²) in [4.78, 5) is 0. The lowest BCUT2D eigenvalue weighted by Crippen LogP contribution is -2.18. The summed E-state index contributed by atoms with van der Waals surface area (Å²) in [5, 5.41) is 13.1. The van der Waals surface area contributed by atoms with E-state index >= 15 is 0 Å². The van der Waals surface area contributed by atoms with Gasteiger partial charge in [-0.2, -0.15) is 0 Å². The lowest BCUT2D eigenvalue weighted by Gasteiger charge is -1.78. The topological polar surface area (TPSA) is 40.2 Å². The monoisotopic (exact) mass is 102 g/mol. The minimum atomic E-state index is -0.837. The van der Waals surface area contributed by atoms with Gasteiger partial charge in [-0.15, -0.1) is 0 Å². The van der Waals surface area contributed by atoms with Gasteiger partial charge >= 0.3 is 0 Å². The maximum atomic E-state index is 7.79. The van der Waals surface area contributed by atoms with Crippen molar-refractivity contribution in [1.82, 2.24) is 5.09 Å². The largest absolute Gasteiger partial charge is 0.291 e. The first-order valence-corrected chi connectivity index (χ1v) is 4.75. The highest BCUT2D eigenvalue weighted by molar-refractivity contribution is 6.52. The van der Waals surface area contributed by atoms with Crippen molar-refractivity contribution < 1.29 is 0 Å². The Hall–Kier alpha value is -0.563. The molecular formula is C2H8N3Si+. The molecule has 0 saturated carbocycles. The highest BCUT2D eigenvalue weighted by Crippen LogP contribution is 1.66. The van der Waals surface area contributed by atoms with Crippen LogP contribution in [0.3, 0.4) is 0 Å². The Morgan fingerprint density at radius 3 is 2.17 bits per heavy atom. The average Bonchev–Trinajstić information content (AvgIpc) is 1.35. The minimum absolute atomic E-state index is 0.837. The smallest absolute Gasteiger partial charge is 0.0906 e. The van der Waals surface area contributed by atoms with Crippen LogP contribution in [0, 0.1) is 5.39 Å². The molecule has 0 aliphatic heterocycles. The molecule has 0 radical (unpaired) electrons. The van der Waals surface area contributed by atoms with Crippen molar-refractivity contribution in [2.45, 2.75) is 13.1 Å². The van der Waals surface area contributed by atoms with Gasteiger partial charge in [0.05, 0.1) is 0 Å². The third kappa shape index (κ3) is 3.44. The van der Waals surface area contributed by atoms with Gasteiger partial charge < -0.3 is 0 Å². The predicted octanol–water partition coefficient (Wildman–Crippen LogP) is 0.327. The molecule has 0 aromatic carbocycles. The molecule has 0 rings (SSSR count). The molecule has 0 saturated heterocycles. The molecule has 3 nitrogen and oxygen atoms in total. The number of hydrogen-bond donors (Lipinski definition) is 1. The Bertz CT molecular complexity index is 63.7. The van der Waals surface area contributed by atoms with Crippen molar-refractivity contribution in [3.63, 3.8) is 0 Å². The number of nitrogens with one attached hydrogen (secondary N) is 1. The molecule has 0 bridgehead atoms. The average molecular weight is 102 g/mol. The van der Waals surface area contributed by atoms with Crippen LogP contribution in [-0.4, -0.2) is 8.96 Å². The van der Waals surface area contributed by atoms with Gasteiger partial charge in [0, 0.05) is 0 Å². The molecule has 0 aromatic rings. The molecule has 34 valence electrons. The molecule has 0 amide bonds. The zero-order valence-electron chi connectivity index (χ0n) is 3.97. The number of hydrogen-bond acceptors (Lipinski definition) is 2. The summed E-state index contributed by atoms with van der Waals surface area (Å²) in [5.74, 6) is 0. The second-order valence-electron chi connectivity index (χ2n) is 1.38. The third-order valence-corrected chi connectivity index (χ3v) is 0.948. The van der Waals surface area contributed by atoms with Crippen molar-refractivity contribution in [2.75, 3.05) is 0 Å². The van der Waals surface area contributed by atoms with Crippen LogP contribution in [0.4, 0.5) is 0 Å². The molecule has 0 fully saturated rings. The van der Waals surface area contributed by atoms with Gasteiger partial charge in [0.25, 0.3) is 10.5 Å². The second-order valence-corrected chi connectivity index (χ2v) is 3.95. The molecule has 0 heterocycles. The number of diazo groups is 1. The fraction of sp³-hybridized carbons (Fsp3) is 1.00. The van der Waals surface area contributed by atoms with Gasteiger partial charge in [0.2, 0.25) is 8.96 Å². The third-order valence-electron chi connectivity index (χ3n) is 0.316. The summed E-state index contributed by atoms with van der Waals surface area (Å²) in [7, 11) is -0.837. The van der Waals surface area contributed by atoms with Crippen LogP contribution in [0.15, 0.2) is 0 Å². The van der Waals surface area contributed by atoms with Crippen LogP contribution in [0.25, 0.3) is 5.08 Å². The van der Waals surface area contributed by atoms with E-state index in [2.05, 4.69) is 10.2 Å². The van der Waals surface area contributed by atoms with E-state index in [0.29, 0.717) is 0 Å². The molecule has 1 N–H and O–H groups in total. The van der Waals surface area contributed by atoms with E-state index < -0.39 is 8.96 Å². The molecular weight excluding hydrogens is 94.1 g/mol. The summed E-state index contributed by atoms with van der Waals surface area (Å²) >= 11 is 0. The zero-order valence-corrected chi connectivity index (χ0v) is 5.13. The fourth-order valence-electron chi connectivity index (χ4n) is 0.115. The van der Waals surface area contributed by atoms with Gasteiger partial charge in [0.15, 0.2) is 0 Å². The standard InChI is InChI=1S/C2H8N3Si/c1-6(2)5-4-3/h5-6H,1-2H3/q+1. The maximum Gasteiger partial charge on any atom is 0.291 e. The molecule has 0 aromatic heterocycles. The summed E-state index contributed by atoms with van der Waals surface area (Å²) in [6, 6.07) is 0. The van der Waals surface area contributed by atoms with E-state index in [0.717, 1.165) is 0 Å². The van der Waals surface area contributed by atoms with E-state index in [4.69, 9.17) is 5.39 Å². The summed E-state index contributed by atoms with van der Waals surface area (Å²) in [6.07, 6.45) is 0. The molecule has 0 unspecified atom stereocenters. The van der Waals surface area contributed by atoms with Crippen molar-refractivity contribution in [3.05, 3.63) is 5.08 Å². The normalized spacial score (nSPS) is 7.67. The number of rotatable bonds is 1. The van der Waals surface area contributed by atoms with Gasteiger partial charge in [-0.25, -0.2) is 0 Å². The quantitative estimate of drug-likeness (QED) is 0.294. The highest BCUT2D eigenvalue weighted by Gasteiger charge is 1.96. The Morgan fingerprint density at radius 2 is 2.17 bits per heavy atom. The maximum absolute atomic E-state index is 7.79. The van der Waals surface area contributed by atoms with E-state index in [-0.39, 0.29) is 0 Å². The first-order chi connectivity index (χ1) is 2.77. The van der Waals surface area contributed by atoms with Crippen LogP contribution >= 0.6 is 0 Å². The van der Waals surface area contributed by atoms with Crippen LogP contribution in [-0.2, 0) is 0 Å². The molecule has 0 atom stereocenters. The molecule has 0 spiro atoms. The lowest BCUT2D eigenvalue weighted by atomic mass is 11.9. The van der Waals surface area contributed by atoms with Crippen LogP contribution in [0.5, 0.6) is 0 Å². The van der Waals surface area contributed by atoms with E-state index in [1.807, 2.05) is 13.1 Å². The molecule has 4 heteroatoms. The Morgan fingerprint density at radius 1 is 1.67 bits per heavy atom. The van der Waals surface area contributed by atoms with Crippen molar-refractivity contribution in [2.24, 2.45) is 0 Å². The summed E-state index contributed by atoms with van der Waals surface area (Å²) in [5.41, 5.74) is 0. The molecule has 0 aliphatic rings. The van der Waals surface area contributed by atoms with Crippen molar-refractivity contribution in [3.8, 4) is 0 Å². The SMILES string of the molecule is C[SiH](C)N[N+]#N. The fourth-order valence-corrected chi connectivity index (χ4v) is 0.346. The van der Waals surface area contributed by atoms with Crippen molar-refractivity contribution >= 4 is 8.96 Å². The highest BCUT2D eigenvalue weighted by atomic mass is 28.3. The van der Waals surface area contributed by atoms with E-state index in [1.165, 1.54) is 0 Å². The molecule has 0 aliphatic carbocycles. The summed E-state index contributed by atoms with van der Waals surface area (Å²) in [6.45, 7) is 4.06. The Kier molecular flexibility index (Phi) is 2.41. The predicted molar refractivity (Wildman–Crippen MR) is 27.1 cm³/mol. The van der Waals surface area contributed by atoms with E-state index in [1.54, 1.807) is 0 Å². The first-order valence-electron chi connectivity index (χ1n) is 1.87. The van der Waals surface area contributed by atoms with E-state index in [9.17, 15) is 0 Å². The lowest BCUT2D eigenvalue weighted by molar-refractivity contribution is 1.20. The Balaban J connectivity index is 2.88. The van der Waals surface area contributed by atoms with Crippen molar-refractivity contribution in [1.29, 1.82) is 5.39 Å².